The Balaban J connectivity index is 1.23. The molecule has 8 aromatic carbocycles. The van der Waals surface area contributed by atoms with Gasteiger partial charge >= 0.3 is 0 Å². The zero-order valence-corrected chi connectivity index (χ0v) is 29.1. The molecule has 1 atom stereocenters. The number of aliphatic imine (C=N–C) groups is 2. The lowest BCUT2D eigenvalue weighted by Gasteiger charge is -2.39. The maximum absolute atomic E-state index is 7.07. The number of amidine groups is 1. The Hall–Kier alpha value is -7.02. The van der Waals surface area contributed by atoms with Crippen LogP contribution in [0.15, 0.2) is 180 Å². The van der Waals surface area contributed by atoms with Crippen molar-refractivity contribution in [1.82, 2.24) is 0 Å². The Kier molecular flexibility index (Phi) is 7.00. The molecular formula is C50H32N2O. The first kappa shape index (κ1) is 30.8. The first-order valence-electron chi connectivity index (χ1n) is 17.9. The van der Waals surface area contributed by atoms with E-state index in [0.717, 1.165) is 77.7 Å². The van der Waals surface area contributed by atoms with Crippen molar-refractivity contribution in [2.45, 2.75) is 12.3 Å². The number of fused-ring (bicyclic) bond motifs is 13. The lowest BCUT2D eigenvalue weighted by atomic mass is 9.65. The molecule has 1 unspecified atom stereocenters. The molecule has 2 aliphatic rings. The molecule has 1 heterocycles. The van der Waals surface area contributed by atoms with Gasteiger partial charge in [-0.05, 0) is 63.9 Å². The fourth-order valence-corrected chi connectivity index (χ4v) is 8.22. The summed E-state index contributed by atoms with van der Waals surface area (Å²) >= 11 is 0. The number of nitrogens with zero attached hydrogens (tertiary/aromatic N) is 2. The molecule has 1 spiro atoms. The van der Waals surface area contributed by atoms with E-state index in [1.54, 1.807) is 0 Å². The van der Waals surface area contributed by atoms with E-state index < -0.39 is 5.41 Å². The second-order valence-electron chi connectivity index (χ2n) is 13.6. The van der Waals surface area contributed by atoms with Gasteiger partial charge in [-0.25, -0.2) is 9.98 Å². The maximum Gasteiger partial charge on any atom is 0.160 e. The van der Waals surface area contributed by atoms with Crippen molar-refractivity contribution in [3.8, 4) is 22.6 Å². The lowest BCUT2D eigenvalue weighted by Crippen LogP contribution is -2.32. The van der Waals surface area contributed by atoms with Crippen molar-refractivity contribution in [1.29, 1.82) is 0 Å². The van der Waals surface area contributed by atoms with Crippen LogP contribution in [0.25, 0.3) is 38.4 Å². The molecule has 248 valence electrons. The zero-order valence-electron chi connectivity index (χ0n) is 29.1. The molecule has 1 aliphatic carbocycles. The molecule has 0 aromatic heterocycles. The van der Waals surface area contributed by atoms with Crippen LogP contribution in [0.2, 0.25) is 0 Å². The second kappa shape index (κ2) is 12.0. The summed E-state index contributed by atoms with van der Waals surface area (Å²) in [5.74, 6) is 2.28. The van der Waals surface area contributed by atoms with Gasteiger partial charge in [0.05, 0.1) is 16.7 Å². The van der Waals surface area contributed by atoms with Crippen LogP contribution in [0, 0.1) is 12.1 Å². The van der Waals surface area contributed by atoms with Gasteiger partial charge in [0.25, 0.3) is 0 Å². The molecule has 10 rings (SSSR count). The highest BCUT2D eigenvalue weighted by Gasteiger charge is 2.52. The molecule has 1 aliphatic heterocycles. The number of rotatable bonds is 4. The normalized spacial score (nSPS) is 13.8. The Morgan fingerprint density at radius 3 is 2.06 bits per heavy atom. The van der Waals surface area contributed by atoms with Gasteiger partial charge in [0.2, 0.25) is 0 Å². The van der Waals surface area contributed by atoms with Crippen LogP contribution in [0.4, 0.5) is 0 Å². The summed E-state index contributed by atoms with van der Waals surface area (Å²) in [6, 6.07) is 64.1. The third-order valence-electron chi connectivity index (χ3n) is 10.7. The summed E-state index contributed by atoms with van der Waals surface area (Å²) in [5.41, 5.74) is 10.4. The summed E-state index contributed by atoms with van der Waals surface area (Å²) < 4.78 is 7.07. The van der Waals surface area contributed by atoms with E-state index in [1.165, 1.54) is 11.1 Å². The summed E-state index contributed by atoms with van der Waals surface area (Å²) in [5, 5.41) is 4.17. The quantitative estimate of drug-likeness (QED) is 0.135. The van der Waals surface area contributed by atoms with Crippen LogP contribution in [-0.2, 0) is 5.41 Å². The Labute approximate surface area is 308 Å². The van der Waals surface area contributed by atoms with Crippen LogP contribution >= 0.6 is 0 Å². The third kappa shape index (κ3) is 4.70. The van der Waals surface area contributed by atoms with Gasteiger partial charge in [0.1, 0.15) is 11.5 Å². The Morgan fingerprint density at radius 2 is 1.23 bits per heavy atom. The second-order valence-corrected chi connectivity index (χ2v) is 13.6. The van der Waals surface area contributed by atoms with Crippen LogP contribution in [0.3, 0.4) is 0 Å². The number of hydrogen-bond donors (Lipinski definition) is 0. The van der Waals surface area contributed by atoms with Crippen LogP contribution < -0.4 is 4.74 Å². The van der Waals surface area contributed by atoms with Gasteiger partial charge in [0.15, 0.2) is 5.84 Å². The van der Waals surface area contributed by atoms with Gasteiger partial charge in [0, 0.05) is 33.0 Å². The minimum atomic E-state index is -0.732. The smallest absolute Gasteiger partial charge is 0.160 e. The van der Waals surface area contributed by atoms with E-state index >= 15 is 0 Å². The molecule has 0 N–H and O–H groups in total. The fourth-order valence-electron chi connectivity index (χ4n) is 8.22. The van der Waals surface area contributed by atoms with Crippen molar-refractivity contribution >= 4 is 38.8 Å². The molecule has 0 saturated carbocycles. The highest BCUT2D eigenvalue weighted by molar-refractivity contribution is 6.12. The summed E-state index contributed by atoms with van der Waals surface area (Å²) in [7, 11) is 0. The highest BCUT2D eigenvalue weighted by Crippen LogP contribution is 2.63. The first-order valence-corrected chi connectivity index (χ1v) is 17.9. The molecule has 3 heteroatoms. The lowest BCUT2D eigenvalue weighted by molar-refractivity contribution is 0.447. The molecule has 0 bridgehead atoms. The maximum atomic E-state index is 7.07. The monoisotopic (exact) mass is 676 g/mol. The fraction of sp³-hybridized carbons (Fsp3) is 0.0400. The molecular weight excluding hydrogens is 645 g/mol. The molecule has 0 fully saturated rings. The predicted molar refractivity (Wildman–Crippen MR) is 217 cm³/mol. The molecule has 8 aromatic rings. The first-order chi connectivity index (χ1) is 26.1. The van der Waals surface area contributed by atoms with Crippen molar-refractivity contribution < 1.29 is 4.74 Å². The SMILES string of the molecule is C=C(N=C(N=C(C)c1ccccc1)c1ccccc1)c1ccc2c(c1)C1(c3c#cc4ccccc4c3Oc3c1ccc1ccccc31)c1ccccc1-2. The van der Waals surface area contributed by atoms with Crippen molar-refractivity contribution in [3.63, 3.8) is 0 Å². The van der Waals surface area contributed by atoms with E-state index in [2.05, 4.69) is 128 Å². The minimum Gasteiger partial charge on any atom is -0.455 e. The predicted octanol–water partition coefficient (Wildman–Crippen LogP) is 12.0. The summed E-state index contributed by atoms with van der Waals surface area (Å²) in [4.78, 5) is 10.2. The average molecular weight is 677 g/mol. The largest absolute Gasteiger partial charge is 0.455 e. The van der Waals surface area contributed by atoms with Crippen molar-refractivity contribution in [2.24, 2.45) is 9.98 Å². The summed E-state index contributed by atoms with van der Waals surface area (Å²) in [6.07, 6.45) is 0. The molecule has 0 radical (unpaired) electrons. The number of benzene rings is 7. The molecule has 0 saturated heterocycles. The van der Waals surface area contributed by atoms with E-state index in [4.69, 9.17) is 14.7 Å². The van der Waals surface area contributed by atoms with Crippen LogP contribution in [0.1, 0.15) is 45.9 Å². The van der Waals surface area contributed by atoms with Crippen LogP contribution in [-0.4, -0.2) is 11.5 Å². The molecule has 3 nitrogen and oxygen atoms in total. The van der Waals surface area contributed by atoms with Crippen molar-refractivity contribution in [3.05, 3.63) is 221 Å². The number of ether oxygens (including phenoxy) is 1. The van der Waals surface area contributed by atoms with Gasteiger partial charge in [-0.15, -0.1) is 0 Å². The third-order valence-corrected chi connectivity index (χ3v) is 10.7. The van der Waals surface area contributed by atoms with Gasteiger partial charge in [-0.2, -0.15) is 0 Å². The van der Waals surface area contributed by atoms with Crippen LogP contribution in [0.5, 0.6) is 11.5 Å². The standard InChI is InChI=1S/C50H32N2O/c1-32(34-15-5-3-6-16-34)51-49(37-19-7-4-8-20-37)52-33(2)38-25-28-42-41-23-13-14-24-43(41)50(46(42)31-38)44-29-26-35-17-9-11-21-39(35)47(44)53-48-40-22-12-10-18-36(40)27-30-45(48)50/h3-26,28-29,31H,2H2,1H3. The average Bonchev–Trinajstić information content (AvgIpc) is 3.51. The van der Waals surface area contributed by atoms with Gasteiger partial charge in [-0.1, -0.05) is 164 Å². The van der Waals surface area contributed by atoms with E-state index in [-0.39, 0.29) is 0 Å². The van der Waals surface area contributed by atoms with Gasteiger partial charge < -0.3 is 4.74 Å². The minimum absolute atomic E-state index is 0.609. The molecule has 0 amide bonds. The zero-order chi connectivity index (χ0) is 35.5. The van der Waals surface area contributed by atoms with E-state index in [0.29, 0.717) is 11.5 Å². The highest BCUT2D eigenvalue weighted by atomic mass is 16.5. The molecule has 53 heavy (non-hydrogen) atoms. The Bertz CT molecular complexity index is 2750. The number of hydrogen-bond acceptors (Lipinski definition) is 2. The van der Waals surface area contributed by atoms with E-state index in [9.17, 15) is 0 Å². The van der Waals surface area contributed by atoms with Gasteiger partial charge in [-0.3, -0.25) is 0 Å². The topological polar surface area (TPSA) is 34.0 Å². The Morgan fingerprint density at radius 1 is 0.547 bits per heavy atom. The van der Waals surface area contributed by atoms with Crippen molar-refractivity contribution in [2.75, 3.05) is 0 Å². The van der Waals surface area contributed by atoms with E-state index in [1.807, 2.05) is 61.5 Å². The summed E-state index contributed by atoms with van der Waals surface area (Å²) in [6.45, 7) is 6.58.